The molecule has 118 valence electrons. The van der Waals surface area contributed by atoms with E-state index in [1.165, 1.54) is 11.2 Å². The molecule has 1 aromatic heterocycles. The first-order chi connectivity index (χ1) is 11.1. The minimum atomic E-state index is -0.281. The van der Waals surface area contributed by atoms with Crippen molar-refractivity contribution < 1.29 is 14.0 Å². The molecule has 23 heavy (non-hydrogen) atoms. The van der Waals surface area contributed by atoms with Crippen LogP contribution in [0.4, 0.5) is 4.79 Å². The average Bonchev–Trinajstić information content (AvgIpc) is 3.13. The number of carbonyl (C=O) groups is 2. The van der Waals surface area contributed by atoms with Crippen molar-refractivity contribution in [3.8, 4) is 0 Å². The average molecular weight is 328 g/mol. The molecule has 2 amide bonds. The van der Waals surface area contributed by atoms with Gasteiger partial charge in [0.15, 0.2) is 0 Å². The van der Waals surface area contributed by atoms with E-state index in [1.807, 2.05) is 42.3 Å². The molecule has 6 heteroatoms. The van der Waals surface area contributed by atoms with Gasteiger partial charge in [-0.25, -0.2) is 0 Å². The first-order valence-electron chi connectivity index (χ1n) is 7.15. The lowest BCUT2D eigenvalue weighted by Gasteiger charge is -2.22. The summed E-state index contributed by atoms with van der Waals surface area (Å²) in [5.41, 5.74) is 1.13. The second-order valence-electron chi connectivity index (χ2n) is 5.27. The summed E-state index contributed by atoms with van der Waals surface area (Å²) in [5.74, 6) is 0.282. The normalized spacial score (nSPS) is 16.8. The fourth-order valence-electron chi connectivity index (χ4n) is 2.31. The number of carbonyl (C=O) groups excluding carboxylic acids is 2. The molecule has 0 unspecified atom stereocenters. The number of hydrogen-bond donors (Lipinski definition) is 0. The van der Waals surface area contributed by atoms with Gasteiger partial charge in [-0.3, -0.25) is 19.4 Å². The monoisotopic (exact) mass is 328 g/mol. The Morgan fingerprint density at radius 3 is 2.65 bits per heavy atom. The molecule has 0 radical (unpaired) electrons. The van der Waals surface area contributed by atoms with E-state index >= 15 is 0 Å². The third-order valence-electron chi connectivity index (χ3n) is 3.37. The second kappa shape index (κ2) is 6.85. The first-order valence-corrected chi connectivity index (χ1v) is 7.96. The molecular weight excluding hydrogens is 312 g/mol. The second-order valence-corrected chi connectivity index (χ2v) is 6.26. The Kier molecular flexibility index (Phi) is 4.64. The molecule has 2 heterocycles. The zero-order chi connectivity index (χ0) is 16.2. The lowest BCUT2D eigenvalue weighted by atomic mass is 10.2. The minimum absolute atomic E-state index is 0.257. The Bertz CT molecular complexity index is 726. The Balaban J connectivity index is 1.66. The Hall–Kier alpha value is -2.31. The number of hydrogen-bond acceptors (Lipinski definition) is 5. The molecule has 1 aromatic carbocycles. The molecule has 1 fully saturated rings. The molecule has 0 N–H and O–H groups in total. The van der Waals surface area contributed by atoms with Crippen LogP contribution >= 0.6 is 11.8 Å². The van der Waals surface area contributed by atoms with Crippen molar-refractivity contribution in [1.82, 2.24) is 9.80 Å². The Morgan fingerprint density at radius 2 is 1.96 bits per heavy atom. The van der Waals surface area contributed by atoms with E-state index in [-0.39, 0.29) is 17.8 Å². The van der Waals surface area contributed by atoms with Gasteiger partial charge in [-0.15, -0.1) is 0 Å². The summed E-state index contributed by atoms with van der Waals surface area (Å²) in [5, 5.41) is -0.257. The van der Waals surface area contributed by atoms with Gasteiger partial charge in [0.05, 0.1) is 17.8 Å². The van der Waals surface area contributed by atoms with Gasteiger partial charge in [0, 0.05) is 12.6 Å². The predicted molar refractivity (Wildman–Crippen MR) is 89.3 cm³/mol. The maximum atomic E-state index is 12.4. The third-order valence-corrected chi connectivity index (χ3v) is 4.28. The highest BCUT2D eigenvalue weighted by molar-refractivity contribution is 8.18. The fourth-order valence-corrected chi connectivity index (χ4v) is 3.12. The van der Waals surface area contributed by atoms with E-state index in [4.69, 9.17) is 4.42 Å². The van der Waals surface area contributed by atoms with Crippen LogP contribution in [-0.4, -0.2) is 34.7 Å². The molecule has 0 saturated carbocycles. The number of amides is 2. The van der Waals surface area contributed by atoms with Crippen LogP contribution in [0.1, 0.15) is 11.3 Å². The SMILES string of the molecule is CN(Cc1ccccc1)CN1C(=O)SC(=Cc2ccco2)C1=O. The molecule has 0 atom stereocenters. The van der Waals surface area contributed by atoms with Crippen molar-refractivity contribution in [2.45, 2.75) is 6.54 Å². The molecule has 0 aliphatic carbocycles. The number of nitrogens with zero attached hydrogens (tertiary/aromatic N) is 2. The van der Waals surface area contributed by atoms with Gasteiger partial charge in [-0.1, -0.05) is 30.3 Å². The maximum Gasteiger partial charge on any atom is 0.294 e. The molecule has 1 aliphatic heterocycles. The summed E-state index contributed by atoms with van der Waals surface area (Å²) < 4.78 is 5.19. The fraction of sp³-hybridized carbons (Fsp3) is 0.176. The molecule has 1 saturated heterocycles. The van der Waals surface area contributed by atoms with Crippen molar-refractivity contribution in [3.05, 3.63) is 65.0 Å². The molecule has 3 rings (SSSR count). The Labute approximate surface area is 138 Å². The van der Waals surface area contributed by atoms with Crippen LogP contribution in [0.15, 0.2) is 58.1 Å². The Morgan fingerprint density at radius 1 is 1.17 bits per heavy atom. The van der Waals surface area contributed by atoms with Crippen molar-refractivity contribution in [2.75, 3.05) is 13.7 Å². The molecular formula is C17H16N2O3S. The molecule has 2 aromatic rings. The van der Waals surface area contributed by atoms with Crippen LogP contribution < -0.4 is 0 Å². The summed E-state index contributed by atoms with van der Waals surface area (Å²) in [7, 11) is 1.88. The van der Waals surface area contributed by atoms with E-state index in [0.29, 0.717) is 17.2 Å². The lowest BCUT2D eigenvalue weighted by molar-refractivity contribution is -0.124. The van der Waals surface area contributed by atoms with Crippen LogP contribution in [0, 0.1) is 0 Å². The first kappa shape index (κ1) is 15.6. The summed E-state index contributed by atoms with van der Waals surface area (Å²) in [6.45, 7) is 0.925. The number of thioether (sulfide) groups is 1. The summed E-state index contributed by atoms with van der Waals surface area (Å²) in [4.78, 5) is 28.0. The molecule has 1 aliphatic rings. The van der Waals surface area contributed by atoms with Gasteiger partial charge in [0.1, 0.15) is 5.76 Å². The van der Waals surface area contributed by atoms with Crippen LogP contribution in [0.5, 0.6) is 0 Å². The van der Waals surface area contributed by atoms with Crippen LogP contribution in [-0.2, 0) is 11.3 Å². The molecule has 0 bridgehead atoms. The van der Waals surface area contributed by atoms with Gasteiger partial charge >= 0.3 is 0 Å². The van der Waals surface area contributed by atoms with E-state index in [2.05, 4.69) is 0 Å². The number of rotatable bonds is 5. The molecule has 5 nitrogen and oxygen atoms in total. The van der Waals surface area contributed by atoms with E-state index < -0.39 is 0 Å². The highest BCUT2D eigenvalue weighted by Crippen LogP contribution is 2.32. The van der Waals surface area contributed by atoms with Gasteiger partial charge in [-0.2, -0.15) is 0 Å². The van der Waals surface area contributed by atoms with Crippen molar-refractivity contribution >= 4 is 29.0 Å². The third kappa shape index (κ3) is 3.72. The number of furan rings is 1. The van der Waals surface area contributed by atoms with Crippen molar-refractivity contribution in [2.24, 2.45) is 0 Å². The largest absolute Gasteiger partial charge is 0.465 e. The zero-order valence-electron chi connectivity index (χ0n) is 12.6. The topological polar surface area (TPSA) is 53.8 Å². The highest BCUT2D eigenvalue weighted by Gasteiger charge is 2.35. The van der Waals surface area contributed by atoms with Crippen molar-refractivity contribution in [3.63, 3.8) is 0 Å². The van der Waals surface area contributed by atoms with Gasteiger partial charge in [0.25, 0.3) is 11.1 Å². The summed E-state index contributed by atoms with van der Waals surface area (Å²) in [6, 6.07) is 13.4. The molecule has 0 spiro atoms. The van der Waals surface area contributed by atoms with Gasteiger partial charge in [-0.05, 0) is 36.5 Å². The van der Waals surface area contributed by atoms with E-state index in [0.717, 1.165) is 17.3 Å². The van der Waals surface area contributed by atoms with Gasteiger partial charge in [0.2, 0.25) is 0 Å². The van der Waals surface area contributed by atoms with Crippen molar-refractivity contribution in [1.29, 1.82) is 0 Å². The van der Waals surface area contributed by atoms with E-state index in [9.17, 15) is 9.59 Å². The quantitative estimate of drug-likeness (QED) is 0.787. The zero-order valence-corrected chi connectivity index (χ0v) is 13.5. The number of imide groups is 1. The standard InChI is InChI=1S/C17H16N2O3S/c1-18(11-13-6-3-2-4-7-13)12-19-16(20)15(23-17(19)21)10-14-8-5-9-22-14/h2-10H,11-12H2,1H3. The maximum absolute atomic E-state index is 12.4. The lowest BCUT2D eigenvalue weighted by Crippen LogP contribution is -2.38. The van der Waals surface area contributed by atoms with Crippen LogP contribution in [0.3, 0.4) is 0 Å². The summed E-state index contributed by atoms with van der Waals surface area (Å²) >= 11 is 0.940. The predicted octanol–water partition coefficient (Wildman–Crippen LogP) is 3.41. The smallest absolute Gasteiger partial charge is 0.294 e. The van der Waals surface area contributed by atoms with E-state index in [1.54, 1.807) is 18.2 Å². The minimum Gasteiger partial charge on any atom is -0.465 e. The summed E-state index contributed by atoms with van der Waals surface area (Å²) in [6.07, 6.45) is 3.13. The highest BCUT2D eigenvalue weighted by atomic mass is 32.2. The van der Waals surface area contributed by atoms with Crippen LogP contribution in [0.2, 0.25) is 0 Å². The van der Waals surface area contributed by atoms with Gasteiger partial charge < -0.3 is 4.42 Å². The number of benzene rings is 1. The van der Waals surface area contributed by atoms with Crippen LogP contribution in [0.25, 0.3) is 6.08 Å².